The van der Waals surface area contributed by atoms with Gasteiger partial charge < -0.3 is 10.2 Å². The van der Waals surface area contributed by atoms with Crippen molar-refractivity contribution in [2.75, 3.05) is 10.2 Å². The number of carbonyl (C=O) groups excluding carboxylic acids is 3. The lowest BCUT2D eigenvalue weighted by Crippen LogP contribution is -2.51. The summed E-state index contributed by atoms with van der Waals surface area (Å²) in [6.07, 6.45) is 2.01. The molecule has 0 saturated carbocycles. The van der Waals surface area contributed by atoms with Crippen molar-refractivity contribution in [1.29, 1.82) is 0 Å². The SMILES string of the molecule is CC1=C[C@H]2N(c3ccc(C)cc31)[C@H](C(=O)C(C)(C)C)[C@@H](C(=O)c1cccc([N+](=O)[O-])c1)[C@]21C(=O)Nc2ccccc21. The number of benzene rings is 3. The summed E-state index contributed by atoms with van der Waals surface area (Å²) in [5, 5.41) is 14.6. The largest absolute Gasteiger partial charge is 0.352 e. The molecule has 1 fully saturated rings. The highest BCUT2D eigenvalue weighted by atomic mass is 16.6. The van der Waals surface area contributed by atoms with Crippen molar-refractivity contribution in [3.63, 3.8) is 0 Å². The van der Waals surface area contributed by atoms with Gasteiger partial charge in [-0.15, -0.1) is 0 Å². The molecular formula is C33H31N3O5. The van der Waals surface area contributed by atoms with Crippen molar-refractivity contribution in [3.05, 3.63) is 105 Å². The zero-order valence-electron chi connectivity index (χ0n) is 23.6. The third-order valence-electron chi connectivity index (χ3n) is 8.76. The molecule has 1 spiro atoms. The van der Waals surface area contributed by atoms with Crippen molar-refractivity contribution in [2.24, 2.45) is 11.3 Å². The number of hydrogen-bond donors (Lipinski definition) is 1. The number of non-ortho nitro benzene ring substituents is 1. The maximum absolute atomic E-state index is 14.8. The zero-order valence-corrected chi connectivity index (χ0v) is 23.6. The third kappa shape index (κ3) is 3.70. The number of aryl methyl sites for hydroxylation is 1. The van der Waals surface area contributed by atoms with Gasteiger partial charge in [0.15, 0.2) is 11.6 Å². The number of ketones is 2. The molecular weight excluding hydrogens is 518 g/mol. The Kier molecular flexibility index (Phi) is 5.82. The summed E-state index contributed by atoms with van der Waals surface area (Å²) >= 11 is 0. The number of rotatable bonds is 4. The molecule has 3 aromatic rings. The van der Waals surface area contributed by atoms with Crippen LogP contribution in [-0.2, 0) is 15.0 Å². The van der Waals surface area contributed by atoms with Gasteiger partial charge in [-0.05, 0) is 43.2 Å². The molecule has 0 aliphatic carbocycles. The first-order chi connectivity index (χ1) is 19.4. The Morgan fingerprint density at radius 3 is 2.44 bits per heavy atom. The fourth-order valence-electron chi connectivity index (χ4n) is 6.94. The molecule has 0 aromatic heterocycles. The van der Waals surface area contributed by atoms with Gasteiger partial charge in [0, 0.05) is 40.0 Å². The van der Waals surface area contributed by atoms with E-state index in [1.807, 2.05) is 75.9 Å². The van der Waals surface area contributed by atoms with Crippen LogP contribution >= 0.6 is 0 Å². The molecule has 3 heterocycles. The quantitative estimate of drug-likeness (QED) is 0.247. The highest BCUT2D eigenvalue weighted by Crippen LogP contribution is 2.59. The average Bonchev–Trinajstić information content (AvgIpc) is 3.39. The Morgan fingerprint density at radius 2 is 1.73 bits per heavy atom. The molecule has 0 unspecified atom stereocenters. The Morgan fingerprint density at radius 1 is 1.00 bits per heavy atom. The molecule has 1 amide bonds. The molecule has 3 aliphatic rings. The number of anilines is 2. The Bertz CT molecular complexity index is 1700. The summed E-state index contributed by atoms with van der Waals surface area (Å²) in [5.74, 6) is -2.17. The monoisotopic (exact) mass is 549 g/mol. The van der Waals surface area contributed by atoms with Crippen molar-refractivity contribution in [2.45, 2.75) is 52.1 Å². The van der Waals surface area contributed by atoms with Crippen LogP contribution in [0.15, 0.2) is 72.8 Å². The molecule has 208 valence electrons. The smallest absolute Gasteiger partial charge is 0.270 e. The first-order valence-electron chi connectivity index (χ1n) is 13.7. The van der Waals surface area contributed by atoms with E-state index in [4.69, 9.17) is 0 Å². The summed E-state index contributed by atoms with van der Waals surface area (Å²) in [6.45, 7) is 9.42. The van der Waals surface area contributed by atoms with Crippen LogP contribution in [0.5, 0.6) is 0 Å². The van der Waals surface area contributed by atoms with Crippen LogP contribution < -0.4 is 10.2 Å². The first-order valence-corrected chi connectivity index (χ1v) is 13.7. The maximum atomic E-state index is 14.8. The number of hydrogen-bond acceptors (Lipinski definition) is 6. The van der Waals surface area contributed by atoms with E-state index in [1.165, 1.54) is 24.3 Å². The lowest BCUT2D eigenvalue weighted by molar-refractivity contribution is -0.384. The van der Waals surface area contributed by atoms with Crippen LogP contribution in [0.1, 0.15) is 54.7 Å². The second kappa shape index (κ2) is 8.96. The number of fused-ring (bicyclic) bond motifs is 6. The lowest BCUT2D eigenvalue weighted by Gasteiger charge is -2.40. The topological polar surface area (TPSA) is 110 Å². The van der Waals surface area contributed by atoms with E-state index in [1.54, 1.807) is 6.07 Å². The molecule has 1 N–H and O–H groups in total. The number of nitro benzene ring substituents is 1. The fourth-order valence-corrected chi connectivity index (χ4v) is 6.94. The molecule has 4 atom stereocenters. The standard InChI is InChI=1S/C33H31N3O5/c1-18-13-14-25-22(15-18)19(2)16-26-33(23-11-6-7-12-24(23)34-31(33)39)27(28(35(25)26)30(38)32(3,4)5)29(37)20-9-8-10-21(17-20)36(40)41/h6-17,26-28H,1-5H3,(H,34,39)/t26-,27+,28+,33-/m1/s1. The van der Waals surface area contributed by atoms with Gasteiger partial charge in [-0.3, -0.25) is 24.5 Å². The van der Waals surface area contributed by atoms with Crippen molar-refractivity contribution >= 4 is 40.1 Å². The minimum absolute atomic E-state index is 0.0946. The van der Waals surface area contributed by atoms with Gasteiger partial charge in [0.05, 0.1) is 16.9 Å². The van der Waals surface area contributed by atoms with Gasteiger partial charge in [0.1, 0.15) is 11.5 Å². The van der Waals surface area contributed by atoms with E-state index in [9.17, 15) is 24.5 Å². The summed E-state index contributed by atoms with van der Waals surface area (Å²) < 4.78 is 0. The highest BCUT2D eigenvalue weighted by Gasteiger charge is 2.71. The second-order valence-corrected chi connectivity index (χ2v) is 12.3. The number of para-hydroxylation sites is 1. The molecule has 8 heteroatoms. The normalized spacial score (nSPS) is 24.3. The Labute approximate surface area is 238 Å². The lowest BCUT2D eigenvalue weighted by atomic mass is 9.63. The number of amides is 1. The average molecular weight is 550 g/mol. The van der Waals surface area contributed by atoms with Crippen molar-refractivity contribution in [3.8, 4) is 0 Å². The van der Waals surface area contributed by atoms with Crippen LogP contribution in [0.2, 0.25) is 0 Å². The fraction of sp³-hybridized carbons (Fsp3) is 0.303. The van der Waals surface area contributed by atoms with Crippen LogP contribution in [0.3, 0.4) is 0 Å². The number of nitro groups is 1. The summed E-state index contributed by atoms with van der Waals surface area (Å²) in [7, 11) is 0. The highest BCUT2D eigenvalue weighted by molar-refractivity contribution is 6.17. The first kappa shape index (κ1) is 26.6. The molecule has 3 aromatic carbocycles. The minimum atomic E-state index is -1.45. The summed E-state index contributed by atoms with van der Waals surface area (Å²) in [4.78, 5) is 56.7. The van der Waals surface area contributed by atoms with Gasteiger partial charge in [0.2, 0.25) is 5.91 Å². The third-order valence-corrected chi connectivity index (χ3v) is 8.76. The van der Waals surface area contributed by atoms with Crippen molar-refractivity contribution < 1.29 is 19.3 Å². The van der Waals surface area contributed by atoms with Crippen LogP contribution in [0.25, 0.3) is 5.57 Å². The molecule has 0 radical (unpaired) electrons. The second-order valence-electron chi connectivity index (χ2n) is 12.3. The van der Waals surface area contributed by atoms with Gasteiger partial charge in [0.25, 0.3) is 5.69 Å². The van der Waals surface area contributed by atoms with E-state index >= 15 is 0 Å². The van der Waals surface area contributed by atoms with Crippen LogP contribution in [0, 0.1) is 28.4 Å². The minimum Gasteiger partial charge on any atom is -0.352 e. The Hall–Kier alpha value is -4.59. The van der Waals surface area contributed by atoms with E-state index in [2.05, 4.69) is 11.4 Å². The van der Waals surface area contributed by atoms with E-state index in [0.717, 1.165) is 22.4 Å². The number of nitrogens with one attached hydrogen (secondary N) is 1. The van der Waals surface area contributed by atoms with Gasteiger partial charge in [-0.25, -0.2) is 0 Å². The molecule has 1 saturated heterocycles. The van der Waals surface area contributed by atoms with Crippen molar-refractivity contribution in [1.82, 2.24) is 0 Å². The van der Waals surface area contributed by atoms with E-state index < -0.39 is 39.5 Å². The molecule has 8 nitrogen and oxygen atoms in total. The number of nitrogens with zero attached hydrogens (tertiary/aromatic N) is 2. The van der Waals surface area contributed by atoms with Crippen LogP contribution in [0.4, 0.5) is 17.1 Å². The van der Waals surface area contributed by atoms with Gasteiger partial charge in [-0.2, -0.15) is 0 Å². The number of carbonyl (C=O) groups is 3. The van der Waals surface area contributed by atoms with E-state index in [-0.39, 0.29) is 22.9 Å². The summed E-state index contributed by atoms with van der Waals surface area (Å²) in [6, 6.07) is 17.2. The van der Waals surface area contributed by atoms with Crippen LogP contribution in [-0.4, -0.2) is 34.5 Å². The molecule has 6 rings (SSSR count). The number of allylic oxidation sites excluding steroid dienone is 1. The molecule has 3 aliphatic heterocycles. The maximum Gasteiger partial charge on any atom is 0.270 e. The molecule has 41 heavy (non-hydrogen) atoms. The predicted octanol–water partition coefficient (Wildman–Crippen LogP) is 5.88. The predicted molar refractivity (Wildman–Crippen MR) is 157 cm³/mol. The summed E-state index contributed by atoms with van der Waals surface area (Å²) in [5.41, 5.74) is 2.54. The zero-order chi connectivity index (χ0) is 29.4. The Balaban J connectivity index is 1.70. The van der Waals surface area contributed by atoms with Gasteiger partial charge in [-0.1, -0.05) is 68.8 Å². The van der Waals surface area contributed by atoms with E-state index in [0.29, 0.717) is 11.3 Å². The molecule has 0 bridgehead atoms. The number of Topliss-reactive ketones (excluding diaryl/α,β-unsaturated/α-hetero) is 2. The van der Waals surface area contributed by atoms with Gasteiger partial charge >= 0.3 is 0 Å².